The third-order valence-electron chi connectivity index (χ3n) is 11.3. The number of fused-ring (bicyclic) bond motifs is 6. The van der Waals surface area contributed by atoms with Gasteiger partial charge in [-0.05, 0) is 135 Å². The van der Waals surface area contributed by atoms with Gasteiger partial charge in [-0.1, -0.05) is 41.5 Å². The molecule has 0 fully saturated rings. The minimum absolute atomic E-state index is 0.0910. The van der Waals surface area contributed by atoms with Gasteiger partial charge in [-0.25, -0.2) is 0 Å². The van der Waals surface area contributed by atoms with E-state index in [-0.39, 0.29) is 33.1 Å². The first-order valence-electron chi connectivity index (χ1n) is 18.9. The quantitative estimate of drug-likeness (QED) is 0.163. The van der Waals surface area contributed by atoms with Crippen LogP contribution >= 0.6 is 0 Å². The van der Waals surface area contributed by atoms with Crippen molar-refractivity contribution >= 4 is 43.6 Å². The van der Waals surface area contributed by atoms with Gasteiger partial charge in [-0.3, -0.25) is 0 Å². The summed E-state index contributed by atoms with van der Waals surface area (Å²) >= 11 is 0. The Balaban J connectivity index is 1.41. The molecule has 9 aromatic rings. The lowest BCUT2D eigenvalue weighted by molar-refractivity contribution is -0.138. The molecular formula is C49H30F9N3. The van der Waals surface area contributed by atoms with Crippen LogP contribution in [0.5, 0.6) is 0 Å². The highest BCUT2D eigenvalue weighted by atomic mass is 19.4. The number of hydrogen-bond donors (Lipinski definition) is 0. The summed E-state index contributed by atoms with van der Waals surface area (Å²) in [6.07, 6.45) is -14.2. The maximum atomic E-state index is 14.1. The van der Waals surface area contributed by atoms with Crippen molar-refractivity contribution in [1.29, 1.82) is 5.26 Å². The van der Waals surface area contributed by atoms with Crippen molar-refractivity contribution in [3.63, 3.8) is 0 Å². The Bertz CT molecular complexity index is 3190. The second-order valence-electron chi connectivity index (χ2n) is 15.3. The fraction of sp³-hybridized carbons (Fsp3) is 0.122. The van der Waals surface area contributed by atoms with Crippen LogP contribution in [0.2, 0.25) is 0 Å². The normalized spacial score (nSPS) is 12.6. The molecule has 0 saturated carbocycles. The Labute approximate surface area is 342 Å². The molecule has 0 bridgehead atoms. The van der Waals surface area contributed by atoms with Crippen LogP contribution in [-0.2, 0) is 18.5 Å². The summed E-state index contributed by atoms with van der Waals surface area (Å²) in [4.78, 5) is 0. The molecule has 0 aliphatic carbocycles. The van der Waals surface area contributed by atoms with E-state index in [4.69, 9.17) is 0 Å². The molecule has 7 aromatic carbocycles. The molecule has 3 nitrogen and oxygen atoms in total. The van der Waals surface area contributed by atoms with Crippen molar-refractivity contribution in [3.8, 4) is 39.7 Å². The summed E-state index contributed by atoms with van der Waals surface area (Å²) in [5, 5.41) is 11.9. The van der Waals surface area contributed by atoms with Gasteiger partial charge in [0.15, 0.2) is 0 Å². The van der Waals surface area contributed by atoms with E-state index in [1.807, 2.05) is 50.2 Å². The number of aryl methyl sites for hydroxylation is 3. The van der Waals surface area contributed by atoms with Gasteiger partial charge >= 0.3 is 18.5 Å². The number of nitrogens with zero attached hydrogens (tertiary/aromatic N) is 3. The highest BCUT2D eigenvalue weighted by Gasteiger charge is 2.34. The number of alkyl halides is 9. The van der Waals surface area contributed by atoms with Crippen LogP contribution in [0, 0.1) is 32.1 Å². The van der Waals surface area contributed by atoms with E-state index in [0.29, 0.717) is 33.5 Å². The van der Waals surface area contributed by atoms with Gasteiger partial charge in [-0.15, -0.1) is 0 Å². The van der Waals surface area contributed by atoms with Gasteiger partial charge in [0.2, 0.25) is 0 Å². The molecule has 0 saturated heterocycles. The molecule has 0 aliphatic heterocycles. The maximum absolute atomic E-state index is 14.1. The highest BCUT2D eigenvalue weighted by molar-refractivity contribution is 6.12. The van der Waals surface area contributed by atoms with Crippen molar-refractivity contribution in [2.45, 2.75) is 39.3 Å². The Hall–Kier alpha value is -7.00. The molecule has 61 heavy (non-hydrogen) atoms. The van der Waals surface area contributed by atoms with Crippen LogP contribution < -0.4 is 0 Å². The molecule has 0 amide bonds. The lowest BCUT2D eigenvalue weighted by Crippen LogP contribution is -2.06. The minimum Gasteiger partial charge on any atom is -0.309 e. The number of hydrogen-bond acceptors (Lipinski definition) is 1. The Morgan fingerprint density at radius 2 is 0.852 bits per heavy atom. The fourth-order valence-corrected chi connectivity index (χ4v) is 8.44. The molecule has 12 heteroatoms. The predicted octanol–water partition coefficient (Wildman–Crippen LogP) is 15.1. The monoisotopic (exact) mass is 831 g/mol. The van der Waals surface area contributed by atoms with Crippen LogP contribution in [0.25, 0.3) is 77.2 Å². The van der Waals surface area contributed by atoms with E-state index in [9.17, 15) is 44.8 Å². The molecule has 0 radical (unpaired) electrons. The number of halogens is 9. The standard InChI is InChI=1S/C49H30F9N3/c1-26-4-13-41-36(18-26)37-19-27(2)5-14-42(37)60(41)43-15-7-30(34-12-8-31(20-28(34)3)47(50,51)52)22-38(43)35-11-6-29(25-59)21-46(35)61-44-16-9-32(48(53,54)55)23-39(44)40-24-33(49(56,57)58)10-17-45(40)61/h4-24H,1-3H3. The average molecular weight is 832 g/mol. The van der Waals surface area contributed by atoms with Crippen LogP contribution in [0.1, 0.15) is 38.9 Å². The minimum atomic E-state index is -4.80. The summed E-state index contributed by atoms with van der Waals surface area (Å²) < 4.78 is 130. The van der Waals surface area contributed by atoms with Crippen molar-refractivity contribution < 1.29 is 39.5 Å². The summed E-state index contributed by atoms with van der Waals surface area (Å²) in [6.45, 7) is 5.54. The SMILES string of the molecule is Cc1ccc2c(c1)c1cc(C)ccc1n2-c1ccc(-c2ccc(C(F)(F)F)cc2C)cc1-c1ccc(C#N)cc1-n1c2ccc(C(F)(F)F)cc2c2cc(C(F)(F)F)ccc21. The van der Waals surface area contributed by atoms with Gasteiger partial charge < -0.3 is 9.13 Å². The van der Waals surface area contributed by atoms with E-state index < -0.39 is 35.2 Å². The van der Waals surface area contributed by atoms with E-state index in [2.05, 4.69) is 22.8 Å². The highest BCUT2D eigenvalue weighted by Crippen LogP contribution is 2.45. The van der Waals surface area contributed by atoms with Crippen LogP contribution in [0.4, 0.5) is 39.5 Å². The van der Waals surface area contributed by atoms with Crippen LogP contribution in [0.3, 0.4) is 0 Å². The molecule has 0 unspecified atom stereocenters. The Morgan fingerprint density at radius 1 is 0.410 bits per heavy atom. The zero-order valence-corrected chi connectivity index (χ0v) is 32.4. The van der Waals surface area contributed by atoms with Crippen LogP contribution in [-0.4, -0.2) is 9.13 Å². The first-order valence-corrected chi connectivity index (χ1v) is 18.9. The summed E-state index contributed by atoms with van der Waals surface area (Å²) in [5.74, 6) is 0. The number of aromatic nitrogens is 2. The van der Waals surface area contributed by atoms with Crippen LogP contribution in [0.15, 0.2) is 127 Å². The lowest BCUT2D eigenvalue weighted by atomic mass is 9.92. The summed E-state index contributed by atoms with van der Waals surface area (Å²) in [5.41, 5.74) is 4.47. The summed E-state index contributed by atoms with van der Waals surface area (Å²) in [7, 11) is 0. The average Bonchev–Trinajstić information content (AvgIpc) is 3.70. The van der Waals surface area contributed by atoms with Crippen molar-refractivity contribution in [2.75, 3.05) is 0 Å². The number of rotatable bonds is 4. The van der Waals surface area contributed by atoms with Gasteiger partial charge in [0, 0.05) is 32.7 Å². The van der Waals surface area contributed by atoms with Gasteiger partial charge in [0.05, 0.1) is 61.8 Å². The Morgan fingerprint density at radius 3 is 1.34 bits per heavy atom. The van der Waals surface area contributed by atoms with Gasteiger partial charge in [0.25, 0.3) is 0 Å². The molecule has 304 valence electrons. The smallest absolute Gasteiger partial charge is 0.309 e. The third kappa shape index (κ3) is 6.65. The molecule has 0 N–H and O–H groups in total. The zero-order chi connectivity index (χ0) is 43.3. The van der Waals surface area contributed by atoms with E-state index in [1.165, 1.54) is 24.3 Å². The van der Waals surface area contributed by atoms with Crippen molar-refractivity contribution in [1.82, 2.24) is 9.13 Å². The van der Waals surface area contributed by atoms with Crippen molar-refractivity contribution in [3.05, 3.63) is 166 Å². The van der Waals surface area contributed by atoms with E-state index >= 15 is 0 Å². The summed E-state index contributed by atoms with van der Waals surface area (Å²) in [6, 6.07) is 33.6. The van der Waals surface area contributed by atoms with Crippen molar-refractivity contribution in [2.24, 2.45) is 0 Å². The zero-order valence-electron chi connectivity index (χ0n) is 32.4. The number of nitriles is 1. The number of benzene rings is 7. The first kappa shape index (κ1) is 39.5. The predicted molar refractivity (Wildman–Crippen MR) is 220 cm³/mol. The molecule has 0 aliphatic rings. The largest absolute Gasteiger partial charge is 0.416 e. The van der Waals surface area contributed by atoms with E-state index in [0.717, 1.165) is 69.3 Å². The molecule has 0 atom stereocenters. The van der Waals surface area contributed by atoms with Gasteiger partial charge in [-0.2, -0.15) is 44.8 Å². The Kier molecular flexibility index (Phi) is 8.91. The van der Waals surface area contributed by atoms with E-state index in [1.54, 1.807) is 29.7 Å². The molecular weight excluding hydrogens is 802 g/mol. The molecule has 9 rings (SSSR count). The fourth-order valence-electron chi connectivity index (χ4n) is 8.44. The maximum Gasteiger partial charge on any atom is 0.416 e. The second kappa shape index (κ2) is 13.8. The topological polar surface area (TPSA) is 33.6 Å². The molecule has 2 aromatic heterocycles. The molecule has 0 spiro atoms. The third-order valence-corrected chi connectivity index (χ3v) is 11.3. The second-order valence-corrected chi connectivity index (χ2v) is 15.3. The lowest BCUT2D eigenvalue weighted by Gasteiger charge is -2.21. The first-order chi connectivity index (χ1) is 28.8. The van der Waals surface area contributed by atoms with Gasteiger partial charge in [0.1, 0.15) is 0 Å². The molecule has 2 heterocycles.